The molecule has 1 aliphatic carbocycles. The molecular formula is C11H9BrClN3O. The lowest BCUT2D eigenvalue weighted by molar-refractivity contribution is 0.0941. The Kier molecular flexibility index (Phi) is 3.65. The van der Waals surface area contributed by atoms with Crippen molar-refractivity contribution in [1.29, 1.82) is 5.26 Å². The summed E-state index contributed by atoms with van der Waals surface area (Å²) in [7, 11) is 0. The van der Waals surface area contributed by atoms with E-state index in [4.69, 9.17) is 16.9 Å². The number of halogens is 2. The zero-order valence-corrected chi connectivity index (χ0v) is 11.1. The van der Waals surface area contributed by atoms with E-state index < -0.39 is 6.04 Å². The second kappa shape index (κ2) is 5.03. The highest BCUT2D eigenvalue weighted by molar-refractivity contribution is 9.10. The van der Waals surface area contributed by atoms with E-state index in [0.717, 1.165) is 12.8 Å². The molecule has 1 N–H and O–H groups in total. The highest BCUT2D eigenvalue weighted by Gasteiger charge is 2.32. The van der Waals surface area contributed by atoms with Gasteiger partial charge in [-0.25, -0.2) is 4.98 Å². The number of carbonyl (C=O) groups excluding carboxylic acids is 1. The van der Waals surface area contributed by atoms with Gasteiger partial charge in [0, 0.05) is 10.7 Å². The van der Waals surface area contributed by atoms with E-state index >= 15 is 0 Å². The normalized spacial score (nSPS) is 16.1. The Bertz CT molecular complexity index is 496. The first-order chi connectivity index (χ1) is 8.11. The third kappa shape index (κ3) is 2.96. The Labute approximate surface area is 112 Å². The minimum atomic E-state index is -0.433. The van der Waals surface area contributed by atoms with E-state index in [1.165, 1.54) is 6.20 Å². The molecule has 1 amide bonds. The number of nitriles is 1. The summed E-state index contributed by atoms with van der Waals surface area (Å²) in [5.41, 5.74) is 0.280. The molecule has 1 aromatic heterocycles. The first kappa shape index (κ1) is 12.3. The molecule has 6 heteroatoms. The first-order valence-corrected chi connectivity index (χ1v) is 6.30. The van der Waals surface area contributed by atoms with E-state index in [0.29, 0.717) is 4.47 Å². The van der Waals surface area contributed by atoms with Crippen LogP contribution in [0.25, 0.3) is 0 Å². The van der Waals surface area contributed by atoms with Gasteiger partial charge >= 0.3 is 0 Å². The highest BCUT2D eigenvalue weighted by atomic mass is 79.9. The number of aromatic nitrogens is 1. The fourth-order valence-electron chi connectivity index (χ4n) is 1.49. The molecule has 0 aromatic carbocycles. The van der Waals surface area contributed by atoms with Crippen molar-refractivity contribution in [3.05, 3.63) is 27.5 Å². The predicted octanol–water partition coefficient (Wildman–Crippen LogP) is 2.53. The lowest BCUT2D eigenvalue weighted by Crippen LogP contribution is -2.35. The van der Waals surface area contributed by atoms with E-state index in [1.54, 1.807) is 6.07 Å². The van der Waals surface area contributed by atoms with Crippen molar-refractivity contribution in [3.63, 3.8) is 0 Å². The average Bonchev–Trinajstić information content (AvgIpc) is 3.13. The molecule has 88 valence electrons. The van der Waals surface area contributed by atoms with Gasteiger partial charge in [-0.1, -0.05) is 11.6 Å². The van der Waals surface area contributed by atoms with Gasteiger partial charge < -0.3 is 5.32 Å². The lowest BCUT2D eigenvalue weighted by Gasteiger charge is -2.11. The Morgan fingerprint density at radius 1 is 1.71 bits per heavy atom. The van der Waals surface area contributed by atoms with Crippen LogP contribution in [0, 0.1) is 17.2 Å². The van der Waals surface area contributed by atoms with Crippen molar-refractivity contribution in [3.8, 4) is 6.07 Å². The van der Waals surface area contributed by atoms with Crippen LogP contribution in [0.2, 0.25) is 5.15 Å². The topological polar surface area (TPSA) is 65.8 Å². The summed E-state index contributed by atoms with van der Waals surface area (Å²) in [4.78, 5) is 15.8. The van der Waals surface area contributed by atoms with Crippen LogP contribution in [-0.2, 0) is 0 Å². The summed E-state index contributed by atoms with van der Waals surface area (Å²) >= 11 is 9.06. The van der Waals surface area contributed by atoms with Crippen molar-refractivity contribution in [2.45, 2.75) is 18.9 Å². The molecule has 1 aromatic rings. The summed E-state index contributed by atoms with van der Waals surface area (Å²) in [5.74, 6) is -0.0786. The van der Waals surface area contributed by atoms with Crippen LogP contribution in [0.15, 0.2) is 16.7 Å². The molecule has 1 fully saturated rings. The summed E-state index contributed by atoms with van der Waals surface area (Å²) < 4.78 is 0.673. The van der Waals surface area contributed by atoms with Gasteiger partial charge in [0.05, 0.1) is 11.6 Å². The standard InChI is InChI=1S/C11H9BrClN3O/c12-7-3-8(10(13)15-5-7)11(17)16-9(4-14)6-1-2-6/h3,5-6,9H,1-2H2,(H,16,17). The maximum Gasteiger partial charge on any atom is 0.255 e. The quantitative estimate of drug-likeness (QED) is 0.872. The van der Waals surface area contributed by atoms with Crippen LogP contribution in [-0.4, -0.2) is 16.9 Å². The van der Waals surface area contributed by atoms with Gasteiger partial charge in [-0.3, -0.25) is 4.79 Å². The summed E-state index contributed by atoms with van der Waals surface area (Å²) in [6, 6.07) is 3.25. The number of nitrogens with zero attached hydrogens (tertiary/aromatic N) is 2. The zero-order valence-electron chi connectivity index (χ0n) is 8.78. The number of pyridine rings is 1. The third-order valence-corrected chi connectivity index (χ3v) is 3.30. The van der Waals surface area contributed by atoms with Crippen molar-refractivity contribution in [1.82, 2.24) is 10.3 Å². The zero-order chi connectivity index (χ0) is 12.4. The Morgan fingerprint density at radius 2 is 2.41 bits per heavy atom. The molecule has 0 radical (unpaired) electrons. The Morgan fingerprint density at radius 3 is 3.00 bits per heavy atom. The lowest BCUT2D eigenvalue weighted by atomic mass is 10.2. The van der Waals surface area contributed by atoms with E-state index in [1.807, 2.05) is 0 Å². The Balaban J connectivity index is 2.13. The fourth-order valence-corrected chi connectivity index (χ4v) is 2.01. The molecule has 0 bridgehead atoms. The third-order valence-electron chi connectivity index (χ3n) is 2.57. The maximum atomic E-state index is 11.9. The van der Waals surface area contributed by atoms with Gasteiger partial charge in [0.25, 0.3) is 5.91 Å². The molecule has 1 saturated carbocycles. The van der Waals surface area contributed by atoms with Crippen LogP contribution in [0.1, 0.15) is 23.2 Å². The van der Waals surface area contributed by atoms with Gasteiger partial charge in [-0.05, 0) is 40.8 Å². The summed E-state index contributed by atoms with van der Waals surface area (Å²) in [5, 5.41) is 11.7. The number of amides is 1. The highest BCUT2D eigenvalue weighted by Crippen LogP contribution is 2.32. The number of nitrogens with one attached hydrogen (secondary N) is 1. The second-order valence-corrected chi connectivity index (χ2v) is 5.18. The molecule has 1 unspecified atom stereocenters. The molecule has 1 heterocycles. The average molecular weight is 315 g/mol. The van der Waals surface area contributed by atoms with Crippen molar-refractivity contribution >= 4 is 33.4 Å². The number of hydrogen-bond donors (Lipinski definition) is 1. The van der Waals surface area contributed by atoms with Crippen molar-refractivity contribution < 1.29 is 4.79 Å². The van der Waals surface area contributed by atoms with Gasteiger partial charge in [-0.2, -0.15) is 5.26 Å². The minimum absolute atomic E-state index is 0.137. The summed E-state index contributed by atoms with van der Waals surface area (Å²) in [6.45, 7) is 0. The molecule has 17 heavy (non-hydrogen) atoms. The molecule has 0 saturated heterocycles. The van der Waals surface area contributed by atoms with Crippen molar-refractivity contribution in [2.75, 3.05) is 0 Å². The van der Waals surface area contributed by atoms with E-state index in [9.17, 15) is 4.79 Å². The molecule has 0 spiro atoms. The fraction of sp³-hybridized carbons (Fsp3) is 0.364. The van der Waals surface area contributed by atoms with Gasteiger partial charge in [0.2, 0.25) is 0 Å². The monoisotopic (exact) mass is 313 g/mol. The number of hydrogen-bond acceptors (Lipinski definition) is 3. The molecule has 2 rings (SSSR count). The molecule has 0 aliphatic heterocycles. The molecule has 4 nitrogen and oxygen atoms in total. The van der Waals surface area contributed by atoms with Crippen LogP contribution in [0.5, 0.6) is 0 Å². The smallest absolute Gasteiger partial charge is 0.255 e. The number of rotatable bonds is 3. The second-order valence-electron chi connectivity index (χ2n) is 3.91. The van der Waals surface area contributed by atoms with Gasteiger partial charge in [-0.15, -0.1) is 0 Å². The van der Waals surface area contributed by atoms with Crippen LogP contribution < -0.4 is 5.32 Å². The largest absolute Gasteiger partial charge is 0.336 e. The summed E-state index contributed by atoms with van der Waals surface area (Å²) in [6.07, 6.45) is 3.49. The minimum Gasteiger partial charge on any atom is -0.336 e. The van der Waals surface area contributed by atoms with Gasteiger partial charge in [0.15, 0.2) is 0 Å². The van der Waals surface area contributed by atoms with Crippen molar-refractivity contribution in [2.24, 2.45) is 5.92 Å². The predicted molar refractivity (Wildman–Crippen MR) is 66.5 cm³/mol. The maximum absolute atomic E-state index is 11.9. The number of carbonyl (C=O) groups is 1. The molecule has 1 atom stereocenters. The molecular weight excluding hydrogens is 305 g/mol. The van der Waals surface area contributed by atoms with Crippen LogP contribution in [0.3, 0.4) is 0 Å². The van der Waals surface area contributed by atoms with Crippen LogP contribution >= 0.6 is 27.5 Å². The molecule has 1 aliphatic rings. The van der Waals surface area contributed by atoms with Gasteiger partial charge in [0.1, 0.15) is 11.2 Å². The van der Waals surface area contributed by atoms with E-state index in [-0.39, 0.29) is 22.5 Å². The Hall–Kier alpha value is -1.12. The van der Waals surface area contributed by atoms with E-state index in [2.05, 4.69) is 32.3 Å². The SMILES string of the molecule is N#CC(NC(=O)c1cc(Br)cnc1Cl)C1CC1. The first-order valence-electron chi connectivity index (χ1n) is 5.13. The van der Waals surface area contributed by atoms with Crippen LogP contribution in [0.4, 0.5) is 0 Å².